The van der Waals surface area contributed by atoms with Gasteiger partial charge in [0.25, 0.3) is 11.6 Å². The second-order valence-electron chi connectivity index (χ2n) is 8.49. The van der Waals surface area contributed by atoms with Crippen LogP contribution in [0.1, 0.15) is 31.5 Å². The molecule has 0 aliphatic carbocycles. The van der Waals surface area contributed by atoms with Gasteiger partial charge in [-0.15, -0.1) is 11.8 Å². The number of amides is 2. The summed E-state index contributed by atoms with van der Waals surface area (Å²) >= 11 is 25.5. The van der Waals surface area contributed by atoms with E-state index in [-0.39, 0.29) is 26.4 Å². The fourth-order valence-electron chi connectivity index (χ4n) is 3.80. The first-order valence-electron chi connectivity index (χ1n) is 11.8. The number of rotatable bonds is 9. The van der Waals surface area contributed by atoms with Crippen LogP contribution >= 0.6 is 58.2 Å². The summed E-state index contributed by atoms with van der Waals surface area (Å²) in [6.45, 7) is 0. The minimum absolute atomic E-state index is 0.110. The molecule has 0 aromatic heterocycles. The summed E-state index contributed by atoms with van der Waals surface area (Å²) in [6.07, 6.45) is 0. The van der Waals surface area contributed by atoms with E-state index < -0.39 is 44.1 Å². The van der Waals surface area contributed by atoms with Crippen LogP contribution in [0.15, 0.2) is 83.8 Å². The number of non-ortho nitro benzene ring substituents is 1. The summed E-state index contributed by atoms with van der Waals surface area (Å²) in [6, 6.07) is 20.9. The standard InChI is InChI=1S/C28H17Cl4N3O6S/c29-21-19(20(28(38)39)22(30)24(32)23(21)31)26(36)34-16-7-4-8-18(13-16)42-25(14-5-2-1-3-6-14)27(37)33-15-9-11-17(12-10-15)35(40)41/h1-13,25H,(H,33,37)(H,34,36)(H,38,39). The van der Waals surface area contributed by atoms with Gasteiger partial charge in [-0.05, 0) is 35.9 Å². The molecule has 2 amide bonds. The fraction of sp³-hybridized carbons (Fsp3) is 0.0357. The van der Waals surface area contributed by atoms with E-state index >= 15 is 0 Å². The van der Waals surface area contributed by atoms with E-state index in [1.54, 1.807) is 54.6 Å². The molecule has 0 saturated heterocycles. The average Bonchev–Trinajstić information content (AvgIpc) is 2.97. The maximum Gasteiger partial charge on any atom is 0.338 e. The van der Waals surface area contributed by atoms with Gasteiger partial charge in [0.2, 0.25) is 5.91 Å². The molecule has 1 unspecified atom stereocenters. The molecule has 0 heterocycles. The first-order chi connectivity index (χ1) is 20.0. The second-order valence-corrected chi connectivity index (χ2v) is 11.2. The molecule has 9 nitrogen and oxygen atoms in total. The van der Waals surface area contributed by atoms with Crippen molar-refractivity contribution >= 4 is 93.0 Å². The molecular formula is C28H17Cl4N3O6S. The second kappa shape index (κ2) is 13.5. The van der Waals surface area contributed by atoms with E-state index in [2.05, 4.69) is 10.6 Å². The first kappa shape index (κ1) is 31.1. The van der Waals surface area contributed by atoms with Gasteiger partial charge in [0.15, 0.2) is 0 Å². The molecule has 4 aromatic rings. The molecule has 1 atom stereocenters. The summed E-state index contributed by atoms with van der Waals surface area (Å²) in [5.41, 5.74) is 0.138. The Morgan fingerprint density at radius 3 is 1.98 bits per heavy atom. The lowest BCUT2D eigenvalue weighted by Gasteiger charge is -2.18. The van der Waals surface area contributed by atoms with Crippen LogP contribution in [0.2, 0.25) is 20.1 Å². The van der Waals surface area contributed by atoms with Crippen LogP contribution in [0.25, 0.3) is 0 Å². The predicted molar refractivity (Wildman–Crippen MR) is 165 cm³/mol. The minimum atomic E-state index is -1.53. The zero-order chi connectivity index (χ0) is 30.6. The number of carboxylic acid groups (broad SMARTS) is 1. The van der Waals surface area contributed by atoms with Gasteiger partial charge in [-0.3, -0.25) is 19.7 Å². The van der Waals surface area contributed by atoms with Crippen LogP contribution < -0.4 is 10.6 Å². The van der Waals surface area contributed by atoms with E-state index in [1.165, 1.54) is 36.0 Å². The largest absolute Gasteiger partial charge is 0.478 e. The Morgan fingerprint density at radius 1 is 0.762 bits per heavy atom. The molecule has 42 heavy (non-hydrogen) atoms. The summed E-state index contributed by atoms with van der Waals surface area (Å²) < 4.78 is 0. The lowest BCUT2D eigenvalue weighted by Crippen LogP contribution is -2.19. The normalized spacial score (nSPS) is 11.4. The highest BCUT2D eigenvalue weighted by Gasteiger charge is 2.29. The number of hydrogen-bond acceptors (Lipinski definition) is 6. The molecule has 0 spiro atoms. The quantitative estimate of drug-likeness (QED) is 0.0535. The molecule has 0 fully saturated rings. The molecule has 0 aliphatic heterocycles. The van der Waals surface area contributed by atoms with Crippen molar-refractivity contribution in [2.75, 3.05) is 10.6 Å². The Bertz CT molecular complexity index is 1700. The molecular weight excluding hydrogens is 648 g/mol. The number of nitrogens with one attached hydrogen (secondary N) is 2. The van der Waals surface area contributed by atoms with Crippen LogP contribution in [0.3, 0.4) is 0 Å². The van der Waals surface area contributed by atoms with Crippen molar-refractivity contribution in [3.05, 3.63) is 126 Å². The van der Waals surface area contributed by atoms with Crippen LogP contribution in [0.5, 0.6) is 0 Å². The third-order valence-corrected chi connectivity index (χ3v) is 8.79. The van der Waals surface area contributed by atoms with E-state index in [0.717, 1.165) is 0 Å². The van der Waals surface area contributed by atoms with E-state index in [1.807, 2.05) is 0 Å². The number of nitro groups is 1. The fourth-order valence-corrected chi connectivity index (χ4v) is 5.90. The number of thioether (sulfide) groups is 1. The van der Waals surface area contributed by atoms with Crippen LogP contribution in [0.4, 0.5) is 17.1 Å². The Morgan fingerprint density at radius 2 is 1.38 bits per heavy atom. The van der Waals surface area contributed by atoms with Gasteiger partial charge in [0, 0.05) is 28.4 Å². The first-order valence-corrected chi connectivity index (χ1v) is 14.1. The van der Waals surface area contributed by atoms with Gasteiger partial charge in [-0.1, -0.05) is 82.8 Å². The maximum absolute atomic E-state index is 13.4. The molecule has 14 heteroatoms. The molecule has 0 aliphatic rings. The number of nitrogens with zero attached hydrogens (tertiary/aromatic N) is 1. The number of carboxylic acids is 1. The van der Waals surface area contributed by atoms with E-state index in [0.29, 0.717) is 16.1 Å². The van der Waals surface area contributed by atoms with Gasteiger partial charge >= 0.3 is 5.97 Å². The molecule has 0 saturated carbocycles. The van der Waals surface area contributed by atoms with Crippen LogP contribution in [-0.4, -0.2) is 27.8 Å². The predicted octanol–water partition coefficient (Wildman–Crippen LogP) is 8.63. The van der Waals surface area contributed by atoms with Gasteiger partial charge in [0.1, 0.15) is 5.25 Å². The highest BCUT2D eigenvalue weighted by Crippen LogP contribution is 2.42. The number of benzene rings is 4. The smallest absolute Gasteiger partial charge is 0.338 e. The van der Waals surface area contributed by atoms with E-state index in [4.69, 9.17) is 46.4 Å². The van der Waals surface area contributed by atoms with Crippen molar-refractivity contribution in [2.24, 2.45) is 0 Å². The number of carbonyl (C=O) groups excluding carboxylic acids is 2. The number of aromatic carboxylic acids is 1. The molecule has 0 bridgehead atoms. The topological polar surface area (TPSA) is 139 Å². The number of carbonyl (C=O) groups is 3. The third kappa shape index (κ3) is 6.97. The lowest BCUT2D eigenvalue weighted by molar-refractivity contribution is -0.384. The van der Waals surface area contributed by atoms with Crippen molar-refractivity contribution in [2.45, 2.75) is 10.1 Å². The SMILES string of the molecule is O=C(O)c1c(Cl)c(Cl)c(Cl)c(Cl)c1C(=O)Nc1cccc(SC(C(=O)Nc2ccc([N+](=O)[O-])cc2)c2ccccc2)c1. The molecule has 0 radical (unpaired) electrons. The van der Waals surface area contributed by atoms with Crippen molar-refractivity contribution in [3.63, 3.8) is 0 Å². The van der Waals surface area contributed by atoms with Crippen molar-refractivity contribution in [1.29, 1.82) is 0 Å². The Labute approximate surface area is 262 Å². The molecule has 214 valence electrons. The Kier molecular flexibility index (Phi) is 9.97. The van der Waals surface area contributed by atoms with Crippen molar-refractivity contribution in [3.8, 4) is 0 Å². The van der Waals surface area contributed by atoms with Crippen LogP contribution in [-0.2, 0) is 4.79 Å². The minimum Gasteiger partial charge on any atom is -0.478 e. The molecule has 4 aromatic carbocycles. The number of hydrogen-bond donors (Lipinski definition) is 3. The molecule has 3 N–H and O–H groups in total. The average molecular weight is 665 g/mol. The van der Waals surface area contributed by atoms with Gasteiger partial charge in [-0.25, -0.2) is 4.79 Å². The van der Waals surface area contributed by atoms with Gasteiger partial charge < -0.3 is 15.7 Å². The Hall–Kier alpha value is -3.80. The summed E-state index contributed by atoms with van der Waals surface area (Å²) in [5.74, 6) is -2.81. The molecule has 4 rings (SSSR count). The van der Waals surface area contributed by atoms with Gasteiger partial charge in [0.05, 0.1) is 36.1 Å². The number of halogens is 4. The summed E-state index contributed by atoms with van der Waals surface area (Å²) in [4.78, 5) is 49.4. The van der Waals surface area contributed by atoms with Crippen molar-refractivity contribution < 1.29 is 24.4 Å². The summed E-state index contributed by atoms with van der Waals surface area (Å²) in [5, 5.41) is 23.8. The highest BCUT2D eigenvalue weighted by atomic mass is 35.5. The monoisotopic (exact) mass is 663 g/mol. The lowest BCUT2D eigenvalue weighted by atomic mass is 10.1. The number of anilines is 2. The Balaban J connectivity index is 1.60. The highest BCUT2D eigenvalue weighted by molar-refractivity contribution is 8.00. The van der Waals surface area contributed by atoms with Crippen LogP contribution in [0, 0.1) is 10.1 Å². The van der Waals surface area contributed by atoms with E-state index in [9.17, 15) is 29.6 Å². The zero-order valence-electron chi connectivity index (χ0n) is 20.9. The third-order valence-electron chi connectivity index (χ3n) is 5.74. The summed E-state index contributed by atoms with van der Waals surface area (Å²) in [7, 11) is 0. The number of nitro benzene ring substituents is 1. The maximum atomic E-state index is 13.4. The zero-order valence-corrected chi connectivity index (χ0v) is 24.8. The van der Waals surface area contributed by atoms with Crippen molar-refractivity contribution in [1.82, 2.24) is 0 Å². The van der Waals surface area contributed by atoms with Gasteiger partial charge in [-0.2, -0.15) is 0 Å².